The number of halogens is 1. The summed E-state index contributed by atoms with van der Waals surface area (Å²) in [5.41, 5.74) is 0.863. The highest BCUT2D eigenvalue weighted by molar-refractivity contribution is 9.10. The summed E-state index contributed by atoms with van der Waals surface area (Å²) in [6, 6.07) is 9.54. The molecule has 0 radical (unpaired) electrons. The van der Waals surface area contributed by atoms with Gasteiger partial charge < -0.3 is 0 Å². The number of hydrogen-bond acceptors (Lipinski definition) is 4. The van der Waals surface area contributed by atoms with Gasteiger partial charge in [-0.2, -0.15) is 5.26 Å². The fourth-order valence-corrected chi connectivity index (χ4v) is 1.59. The third-order valence-electron chi connectivity index (χ3n) is 1.78. The smallest absolute Gasteiger partial charge is 0.196 e. The Hall–Kier alpha value is -1.74. The van der Waals surface area contributed by atoms with Crippen molar-refractivity contribution >= 4 is 15.9 Å². The zero-order chi connectivity index (χ0) is 10.7. The molecule has 0 amide bonds. The van der Waals surface area contributed by atoms with E-state index in [2.05, 4.69) is 31.3 Å². The van der Waals surface area contributed by atoms with Crippen molar-refractivity contribution in [3.63, 3.8) is 0 Å². The van der Waals surface area contributed by atoms with Crippen molar-refractivity contribution in [3.05, 3.63) is 28.7 Å². The highest BCUT2D eigenvalue weighted by atomic mass is 79.9. The molecule has 1 aromatic carbocycles. The Morgan fingerprint density at radius 1 is 1.40 bits per heavy atom. The van der Waals surface area contributed by atoms with Crippen molar-refractivity contribution in [2.45, 2.75) is 6.54 Å². The summed E-state index contributed by atoms with van der Waals surface area (Å²) < 4.78 is 0.904. The molecule has 0 spiro atoms. The summed E-state index contributed by atoms with van der Waals surface area (Å²) in [6.07, 6.45) is 0. The topological polar surface area (TPSA) is 67.4 Å². The maximum absolute atomic E-state index is 8.47. The third kappa shape index (κ3) is 2.02. The molecule has 6 heteroatoms. The van der Waals surface area contributed by atoms with Gasteiger partial charge in [0.2, 0.25) is 5.82 Å². The second-order valence-corrected chi connectivity index (χ2v) is 3.64. The minimum absolute atomic E-state index is 0.109. The van der Waals surface area contributed by atoms with E-state index in [9.17, 15) is 0 Å². The first-order valence-corrected chi connectivity index (χ1v) is 5.00. The van der Waals surface area contributed by atoms with Gasteiger partial charge in [0, 0.05) is 10.0 Å². The second-order valence-electron chi connectivity index (χ2n) is 2.78. The van der Waals surface area contributed by atoms with Crippen LogP contribution in [0.5, 0.6) is 0 Å². The van der Waals surface area contributed by atoms with E-state index in [0.29, 0.717) is 5.82 Å². The Morgan fingerprint density at radius 2 is 2.20 bits per heavy atom. The molecule has 2 aromatic rings. The van der Waals surface area contributed by atoms with E-state index >= 15 is 0 Å². The molecule has 0 aliphatic carbocycles. The summed E-state index contributed by atoms with van der Waals surface area (Å²) in [5, 5.41) is 20.2. The van der Waals surface area contributed by atoms with Crippen molar-refractivity contribution in [1.29, 1.82) is 5.26 Å². The Balaban J connectivity index is 2.38. The van der Waals surface area contributed by atoms with Gasteiger partial charge in [-0.05, 0) is 17.3 Å². The van der Waals surface area contributed by atoms with Gasteiger partial charge in [-0.3, -0.25) is 0 Å². The summed E-state index contributed by atoms with van der Waals surface area (Å²) in [6.45, 7) is 0.109. The molecule has 5 nitrogen and oxygen atoms in total. The van der Waals surface area contributed by atoms with Crippen LogP contribution < -0.4 is 0 Å². The molecule has 0 bridgehead atoms. The quantitative estimate of drug-likeness (QED) is 0.826. The average Bonchev–Trinajstić information content (AvgIpc) is 2.68. The van der Waals surface area contributed by atoms with E-state index in [-0.39, 0.29) is 6.54 Å². The molecule has 0 saturated heterocycles. The van der Waals surface area contributed by atoms with Gasteiger partial charge in [-0.15, -0.1) is 15.0 Å². The Bertz CT molecular complexity index is 513. The van der Waals surface area contributed by atoms with Crippen LogP contribution in [0.3, 0.4) is 0 Å². The van der Waals surface area contributed by atoms with Gasteiger partial charge in [0.25, 0.3) is 0 Å². The first-order chi connectivity index (χ1) is 7.31. The highest BCUT2D eigenvalue weighted by Gasteiger charge is 2.08. The molecule has 2 rings (SSSR count). The number of nitriles is 1. The number of aromatic nitrogens is 4. The number of nitrogens with zero attached hydrogens (tertiary/aromatic N) is 5. The van der Waals surface area contributed by atoms with Crippen LogP contribution in [0.2, 0.25) is 0 Å². The summed E-state index contributed by atoms with van der Waals surface area (Å²) >= 11 is 3.40. The number of benzene rings is 1. The molecule has 0 N–H and O–H groups in total. The second kappa shape index (κ2) is 4.19. The van der Waals surface area contributed by atoms with E-state index in [1.165, 1.54) is 4.80 Å². The molecule has 0 unspecified atom stereocenters. The minimum atomic E-state index is 0.109. The van der Waals surface area contributed by atoms with E-state index in [1.807, 2.05) is 30.3 Å². The van der Waals surface area contributed by atoms with E-state index in [1.54, 1.807) is 0 Å². The minimum Gasteiger partial charge on any atom is -0.196 e. The van der Waals surface area contributed by atoms with Crippen LogP contribution in [0.4, 0.5) is 0 Å². The van der Waals surface area contributed by atoms with Crippen LogP contribution in [0.15, 0.2) is 28.7 Å². The zero-order valence-corrected chi connectivity index (χ0v) is 9.22. The molecule has 0 aliphatic rings. The van der Waals surface area contributed by atoms with Gasteiger partial charge in [0.1, 0.15) is 6.54 Å². The molecule has 1 heterocycles. The van der Waals surface area contributed by atoms with Gasteiger partial charge in [0.15, 0.2) is 0 Å². The van der Waals surface area contributed by atoms with E-state index in [4.69, 9.17) is 5.26 Å². The lowest BCUT2D eigenvalue weighted by Crippen LogP contribution is -1.99. The molecule has 15 heavy (non-hydrogen) atoms. The Labute approximate surface area is 94.5 Å². The molecule has 0 aliphatic heterocycles. The van der Waals surface area contributed by atoms with Crippen LogP contribution in [0.1, 0.15) is 0 Å². The molecule has 74 valence electrons. The number of rotatable bonds is 2. The van der Waals surface area contributed by atoms with Crippen molar-refractivity contribution in [3.8, 4) is 17.5 Å². The third-order valence-corrected chi connectivity index (χ3v) is 2.47. The Kier molecular flexibility index (Phi) is 2.74. The lowest BCUT2D eigenvalue weighted by molar-refractivity contribution is 0.589. The lowest BCUT2D eigenvalue weighted by atomic mass is 10.2. The first-order valence-electron chi connectivity index (χ1n) is 4.21. The van der Waals surface area contributed by atoms with Crippen LogP contribution in [0, 0.1) is 11.3 Å². The van der Waals surface area contributed by atoms with Crippen LogP contribution >= 0.6 is 15.9 Å². The normalized spacial score (nSPS) is 9.87. The van der Waals surface area contributed by atoms with Gasteiger partial charge >= 0.3 is 0 Å². The fraction of sp³-hybridized carbons (Fsp3) is 0.111. The maximum atomic E-state index is 8.47. The van der Waals surface area contributed by atoms with Crippen molar-refractivity contribution in [1.82, 2.24) is 20.2 Å². The molecular formula is C9H6BrN5. The van der Waals surface area contributed by atoms with Gasteiger partial charge in [-0.1, -0.05) is 28.1 Å². The average molecular weight is 264 g/mol. The van der Waals surface area contributed by atoms with Crippen LogP contribution in [0.25, 0.3) is 11.4 Å². The lowest BCUT2D eigenvalue weighted by Gasteiger charge is -1.96. The highest BCUT2D eigenvalue weighted by Crippen LogP contribution is 2.23. The van der Waals surface area contributed by atoms with E-state index in [0.717, 1.165) is 10.0 Å². The van der Waals surface area contributed by atoms with Crippen LogP contribution in [-0.2, 0) is 6.54 Å². The van der Waals surface area contributed by atoms with Crippen LogP contribution in [-0.4, -0.2) is 20.2 Å². The van der Waals surface area contributed by atoms with Gasteiger partial charge in [-0.25, -0.2) is 0 Å². The summed E-state index contributed by atoms with van der Waals surface area (Å²) in [7, 11) is 0. The predicted molar refractivity (Wildman–Crippen MR) is 56.6 cm³/mol. The van der Waals surface area contributed by atoms with Crippen molar-refractivity contribution in [2.75, 3.05) is 0 Å². The standard InChI is InChI=1S/C9H6BrN5/c10-8-4-2-1-3-7(8)9-12-14-15(13-9)6-5-11/h1-4H,6H2. The molecule has 1 aromatic heterocycles. The number of hydrogen-bond donors (Lipinski definition) is 0. The number of tetrazole rings is 1. The first kappa shape index (κ1) is 9.80. The SMILES string of the molecule is N#CCn1nnc(-c2ccccc2Br)n1. The predicted octanol–water partition coefficient (Wildman–Crippen LogP) is 1.63. The molecule has 0 saturated carbocycles. The molecule has 0 fully saturated rings. The summed E-state index contributed by atoms with van der Waals surface area (Å²) in [4.78, 5) is 1.26. The maximum Gasteiger partial charge on any atom is 0.206 e. The zero-order valence-electron chi connectivity index (χ0n) is 7.63. The fourth-order valence-electron chi connectivity index (χ4n) is 1.12. The Morgan fingerprint density at radius 3 is 2.93 bits per heavy atom. The van der Waals surface area contributed by atoms with Crippen molar-refractivity contribution in [2.24, 2.45) is 0 Å². The molecular weight excluding hydrogens is 258 g/mol. The van der Waals surface area contributed by atoms with Crippen molar-refractivity contribution < 1.29 is 0 Å². The van der Waals surface area contributed by atoms with Gasteiger partial charge in [0.05, 0.1) is 6.07 Å². The monoisotopic (exact) mass is 263 g/mol. The van der Waals surface area contributed by atoms with E-state index < -0.39 is 0 Å². The largest absolute Gasteiger partial charge is 0.206 e. The molecule has 0 atom stereocenters. The summed E-state index contributed by atoms with van der Waals surface area (Å²) in [5.74, 6) is 0.512.